The van der Waals surface area contributed by atoms with Gasteiger partial charge in [0.25, 0.3) is 0 Å². The van der Waals surface area contributed by atoms with Gasteiger partial charge < -0.3 is 14.2 Å². The van der Waals surface area contributed by atoms with Crippen LogP contribution in [-0.4, -0.2) is 28.6 Å². The zero-order valence-electron chi connectivity index (χ0n) is 21.8. The minimum Gasteiger partial charge on any atom is -0.439 e. The minimum absolute atomic E-state index is 0.331. The van der Waals surface area contributed by atoms with Crippen molar-refractivity contribution in [3.05, 3.63) is 94.9 Å². The monoisotopic (exact) mass is 481 g/mol. The molecule has 36 heavy (non-hydrogen) atoms. The summed E-state index contributed by atoms with van der Waals surface area (Å²) in [5, 5.41) is 1.06. The SMILES string of the molecule is CCCCN(CCCC)c1ccc(C2(c3cn(C)c4ccccc34)OC(=O)c3cccnc32)c(C)c1. The third-order valence-corrected chi connectivity index (χ3v) is 7.40. The highest BCUT2D eigenvalue weighted by Gasteiger charge is 2.52. The molecule has 0 spiro atoms. The van der Waals surface area contributed by atoms with Gasteiger partial charge in [0.1, 0.15) is 5.69 Å². The van der Waals surface area contributed by atoms with Crippen molar-refractivity contribution in [3.63, 3.8) is 0 Å². The van der Waals surface area contributed by atoms with Gasteiger partial charge in [-0.1, -0.05) is 51.0 Å². The van der Waals surface area contributed by atoms with E-state index in [0.717, 1.165) is 40.7 Å². The molecule has 2 aromatic heterocycles. The van der Waals surface area contributed by atoms with Crippen molar-refractivity contribution in [2.24, 2.45) is 7.05 Å². The molecule has 0 fully saturated rings. The van der Waals surface area contributed by atoms with Crippen LogP contribution in [0.5, 0.6) is 0 Å². The fraction of sp³-hybridized carbons (Fsp3) is 0.355. The number of para-hydroxylation sites is 1. The Hall–Kier alpha value is -3.60. The Morgan fingerprint density at radius 3 is 2.44 bits per heavy atom. The summed E-state index contributed by atoms with van der Waals surface area (Å²) in [6.45, 7) is 8.68. The number of nitrogens with zero attached hydrogens (tertiary/aromatic N) is 3. The second kappa shape index (κ2) is 9.81. The molecule has 1 atom stereocenters. The maximum Gasteiger partial charge on any atom is 0.341 e. The maximum atomic E-state index is 13.2. The van der Waals surface area contributed by atoms with Gasteiger partial charge in [0, 0.05) is 60.2 Å². The average Bonchev–Trinajstić information content (AvgIpc) is 3.39. The lowest BCUT2D eigenvalue weighted by molar-refractivity contribution is 0.0245. The Labute approximate surface area is 213 Å². The van der Waals surface area contributed by atoms with E-state index in [0.29, 0.717) is 11.3 Å². The van der Waals surface area contributed by atoms with Gasteiger partial charge in [-0.3, -0.25) is 4.98 Å². The normalized spacial score (nSPS) is 16.8. The van der Waals surface area contributed by atoms with Crippen LogP contribution >= 0.6 is 0 Å². The summed E-state index contributed by atoms with van der Waals surface area (Å²) in [5.41, 5.74) is 5.38. The summed E-state index contributed by atoms with van der Waals surface area (Å²) in [4.78, 5) is 20.4. The van der Waals surface area contributed by atoms with Crippen LogP contribution < -0.4 is 4.90 Å². The molecule has 0 radical (unpaired) electrons. The van der Waals surface area contributed by atoms with Gasteiger partial charge in [0.15, 0.2) is 0 Å². The number of ether oxygens (including phenoxy) is 1. The predicted molar refractivity (Wildman–Crippen MR) is 146 cm³/mol. The predicted octanol–water partition coefficient (Wildman–Crippen LogP) is 6.75. The number of anilines is 1. The summed E-state index contributed by atoms with van der Waals surface area (Å²) in [5.74, 6) is -0.331. The van der Waals surface area contributed by atoms with E-state index in [-0.39, 0.29) is 5.97 Å². The second-order valence-corrected chi connectivity index (χ2v) is 9.83. The largest absolute Gasteiger partial charge is 0.439 e. The van der Waals surface area contributed by atoms with E-state index in [1.54, 1.807) is 12.3 Å². The first-order valence-corrected chi connectivity index (χ1v) is 13.1. The van der Waals surface area contributed by atoms with Crippen LogP contribution in [0.15, 0.2) is 67.0 Å². The summed E-state index contributed by atoms with van der Waals surface area (Å²) in [7, 11) is 2.03. The zero-order chi connectivity index (χ0) is 25.3. The van der Waals surface area contributed by atoms with E-state index in [1.807, 2.05) is 25.2 Å². The number of carbonyl (C=O) groups is 1. The number of esters is 1. The molecule has 3 heterocycles. The van der Waals surface area contributed by atoms with Gasteiger partial charge in [0.05, 0.1) is 5.56 Å². The number of unbranched alkanes of at least 4 members (excludes halogenated alkanes) is 2. The molecular weight excluding hydrogens is 446 g/mol. The van der Waals surface area contributed by atoms with Crippen LogP contribution in [0.1, 0.15) is 72.3 Å². The molecule has 5 rings (SSSR count). The van der Waals surface area contributed by atoms with Crippen molar-refractivity contribution in [2.45, 2.75) is 52.1 Å². The standard InChI is InChI=1S/C31H35N3O2/c1-5-7-18-34(19-8-6-2)23-15-16-26(22(3)20-23)31(29-25(30(35)36-31)13-11-17-32-29)27-21-33(4)28-14-10-9-12-24(27)28/h9-17,20-21H,5-8,18-19H2,1-4H3. The number of aryl methyl sites for hydroxylation is 2. The van der Waals surface area contributed by atoms with E-state index in [2.05, 4.69) is 66.8 Å². The highest BCUT2D eigenvalue weighted by molar-refractivity contribution is 5.97. The van der Waals surface area contributed by atoms with Crippen LogP contribution in [-0.2, 0) is 17.4 Å². The number of hydrogen-bond acceptors (Lipinski definition) is 4. The summed E-state index contributed by atoms with van der Waals surface area (Å²) in [6.07, 6.45) is 8.51. The van der Waals surface area contributed by atoms with Gasteiger partial charge in [-0.2, -0.15) is 0 Å². The third-order valence-electron chi connectivity index (χ3n) is 7.40. The van der Waals surface area contributed by atoms with Crippen molar-refractivity contribution >= 4 is 22.6 Å². The second-order valence-electron chi connectivity index (χ2n) is 9.83. The molecule has 0 saturated carbocycles. The Morgan fingerprint density at radius 2 is 1.72 bits per heavy atom. The van der Waals surface area contributed by atoms with E-state index in [9.17, 15) is 4.79 Å². The van der Waals surface area contributed by atoms with Crippen molar-refractivity contribution in [1.82, 2.24) is 9.55 Å². The lowest BCUT2D eigenvalue weighted by Crippen LogP contribution is -2.32. The highest BCUT2D eigenvalue weighted by atomic mass is 16.6. The molecule has 0 bridgehead atoms. The first-order chi connectivity index (χ1) is 17.5. The fourth-order valence-corrected chi connectivity index (χ4v) is 5.53. The third kappa shape index (κ3) is 3.87. The number of hydrogen-bond donors (Lipinski definition) is 0. The smallest absolute Gasteiger partial charge is 0.341 e. The van der Waals surface area contributed by atoms with E-state index >= 15 is 0 Å². The molecule has 0 amide bonds. The number of carbonyl (C=O) groups excluding carboxylic acids is 1. The Kier molecular flexibility index (Phi) is 6.57. The van der Waals surface area contributed by atoms with Gasteiger partial charge in [-0.05, 0) is 55.7 Å². The number of rotatable bonds is 9. The van der Waals surface area contributed by atoms with Crippen LogP contribution in [0.2, 0.25) is 0 Å². The van der Waals surface area contributed by atoms with Crippen LogP contribution in [0.4, 0.5) is 5.69 Å². The van der Waals surface area contributed by atoms with Crippen LogP contribution in [0.25, 0.3) is 10.9 Å². The lowest BCUT2D eigenvalue weighted by atomic mass is 9.80. The Balaban J connectivity index is 1.71. The van der Waals surface area contributed by atoms with Gasteiger partial charge >= 0.3 is 5.97 Å². The molecule has 2 aromatic carbocycles. The molecule has 0 N–H and O–H groups in total. The minimum atomic E-state index is -1.10. The van der Waals surface area contributed by atoms with E-state index < -0.39 is 5.60 Å². The number of cyclic esters (lactones) is 1. The quantitative estimate of drug-likeness (QED) is 0.248. The topological polar surface area (TPSA) is 47.4 Å². The van der Waals surface area contributed by atoms with E-state index in [4.69, 9.17) is 9.72 Å². The van der Waals surface area contributed by atoms with Gasteiger partial charge in [-0.25, -0.2) is 4.79 Å². The molecule has 0 aliphatic carbocycles. The van der Waals surface area contributed by atoms with Crippen molar-refractivity contribution < 1.29 is 9.53 Å². The summed E-state index contributed by atoms with van der Waals surface area (Å²) in [6, 6.07) is 18.5. The Morgan fingerprint density at radius 1 is 0.972 bits per heavy atom. The van der Waals surface area contributed by atoms with Crippen molar-refractivity contribution in [1.29, 1.82) is 0 Å². The summed E-state index contributed by atoms with van der Waals surface area (Å²) < 4.78 is 8.49. The molecule has 1 aliphatic rings. The molecule has 186 valence electrons. The lowest BCUT2D eigenvalue weighted by Gasteiger charge is -2.31. The van der Waals surface area contributed by atoms with E-state index in [1.165, 1.54) is 31.4 Å². The van der Waals surface area contributed by atoms with Gasteiger partial charge in [-0.15, -0.1) is 0 Å². The number of pyridine rings is 1. The first-order valence-electron chi connectivity index (χ1n) is 13.1. The fourth-order valence-electron chi connectivity index (χ4n) is 5.53. The summed E-state index contributed by atoms with van der Waals surface area (Å²) >= 11 is 0. The molecule has 1 aliphatic heterocycles. The maximum absolute atomic E-state index is 13.2. The first kappa shape index (κ1) is 24.1. The van der Waals surface area contributed by atoms with Gasteiger partial charge in [0.2, 0.25) is 5.60 Å². The number of fused-ring (bicyclic) bond motifs is 2. The molecule has 5 nitrogen and oxygen atoms in total. The zero-order valence-corrected chi connectivity index (χ0v) is 21.8. The number of aromatic nitrogens is 2. The Bertz CT molecular complexity index is 1400. The molecule has 5 heteroatoms. The van der Waals surface area contributed by atoms with Crippen molar-refractivity contribution in [3.8, 4) is 0 Å². The van der Waals surface area contributed by atoms with Crippen molar-refractivity contribution in [2.75, 3.05) is 18.0 Å². The average molecular weight is 482 g/mol. The molecule has 1 unspecified atom stereocenters. The molecular formula is C31H35N3O2. The van der Waals surface area contributed by atoms with Crippen LogP contribution in [0.3, 0.4) is 0 Å². The molecule has 0 saturated heterocycles. The molecule has 4 aromatic rings. The number of benzene rings is 2. The highest BCUT2D eigenvalue weighted by Crippen LogP contribution is 2.49. The van der Waals surface area contributed by atoms with Crippen LogP contribution in [0, 0.1) is 6.92 Å².